The van der Waals surface area contributed by atoms with Crippen molar-refractivity contribution in [3.63, 3.8) is 0 Å². The molecule has 2 saturated carbocycles. The van der Waals surface area contributed by atoms with E-state index in [2.05, 4.69) is 34.3 Å². The van der Waals surface area contributed by atoms with Crippen LogP contribution in [-0.2, 0) is 11.2 Å². The highest BCUT2D eigenvalue weighted by atomic mass is 32.1. The van der Waals surface area contributed by atoms with Gasteiger partial charge in [0, 0.05) is 28.9 Å². The van der Waals surface area contributed by atoms with Gasteiger partial charge in [-0.3, -0.25) is 9.59 Å². The average molecular weight is 508 g/mol. The van der Waals surface area contributed by atoms with Crippen LogP contribution in [0.5, 0.6) is 0 Å². The summed E-state index contributed by atoms with van der Waals surface area (Å²) in [7, 11) is 0. The number of fused-ring (bicyclic) bond motifs is 1. The minimum Gasteiger partial charge on any atom is -0.481 e. The first-order valence-electron chi connectivity index (χ1n) is 13.5. The van der Waals surface area contributed by atoms with Crippen molar-refractivity contribution in [2.45, 2.75) is 89.6 Å². The van der Waals surface area contributed by atoms with Gasteiger partial charge in [-0.05, 0) is 60.7 Å². The van der Waals surface area contributed by atoms with Gasteiger partial charge in [-0.15, -0.1) is 11.3 Å². The Balaban J connectivity index is 1.42. The number of carbonyl (C=O) groups excluding carboxylic acids is 1. The van der Waals surface area contributed by atoms with Crippen molar-refractivity contribution >= 4 is 34.2 Å². The van der Waals surface area contributed by atoms with Gasteiger partial charge in [0.15, 0.2) is 0 Å². The second kappa shape index (κ2) is 11.2. The molecule has 2 fully saturated rings. The number of thiophene rings is 1. The molecular weight excluding hydrogens is 470 g/mol. The lowest BCUT2D eigenvalue weighted by atomic mass is 9.85. The first-order chi connectivity index (χ1) is 17.5. The van der Waals surface area contributed by atoms with Crippen LogP contribution in [0.2, 0.25) is 0 Å². The van der Waals surface area contributed by atoms with E-state index in [1.165, 1.54) is 37.0 Å². The monoisotopic (exact) mass is 507 g/mol. The fourth-order valence-electron chi connectivity index (χ4n) is 6.36. The minimum atomic E-state index is -0.868. The molecular formula is C29H37N3O3S. The van der Waals surface area contributed by atoms with Gasteiger partial charge < -0.3 is 15.0 Å². The zero-order valence-corrected chi connectivity index (χ0v) is 21.9. The Morgan fingerprint density at radius 1 is 1.14 bits per heavy atom. The molecule has 5 rings (SSSR count). The van der Waals surface area contributed by atoms with Gasteiger partial charge in [0.1, 0.15) is 5.82 Å². The minimum absolute atomic E-state index is 0.0381. The maximum atomic E-state index is 13.2. The van der Waals surface area contributed by atoms with E-state index in [0.29, 0.717) is 23.4 Å². The number of carboxylic acid groups (broad SMARTS) is 1. The van der Waals surface area contributed by atoms with Crippen LogP contribution in [0.25, 0.3) is 11.0 Å². The van der Waals surface area contributed by atoms with E-state index in [1.807, 2.05) is 18.2 Å². The number of amides is 1. The van der Waals surface area contributed by atoms with E-state index >= 15 is 0 Å². The van der Waals surface area contributed by atoms with Gasteiger partial charge >= 0.3 is 5.97 Å². The maximum Gasteiger partial charge on any atom is 0.305 e. The Labute approximate surface area is 217 Å². The standard InChI is InChI=1S/C29H37N3O3S/c1-19-7-2-5-11-25(19)32-26-13-12-21(16-24(26)31-27(32)18-23-10-6-14-36-23)29(35)30-22(17-28(33)34)15-20-8-3-4-9-20/h6,10,12-14,16,19-20,22,25H,2-5,7-9,11,15,17-18H2,1H3,(H,30,35)(H,33,34). The van der Waals surface area contributed by atoms with Crippen LogP contribution >= 0.6 is 11.3 Å². The summed E-state index contributed by atoms with van der Waals surface area (Å²) in [5.41, 5.74) is 2.48. The van der Waals surface area contributed by atoms with Crippen molar-refractivity contribution in [1.29, 1.82) is 0 Å². The predicted molar refractivity (Wildman–Crippen MR) is 144 cm³/mol. The summed E-state index contributed by atoms with van der Waals surface area (Å²) in [6.45, 7) is 2.35. The summed E-state index contributed by atoms with van der Waals surface area (Å²) in [6, 6.07) is 10.1. The maximum absolute atomic E-state index is 13.2. The molecule has 2 heterocycles. The van der Waals surface area contributed by atoms with Crippen molar-refractivity contribution in [3.8, 4) is 0 Å². The number of carboxylic acids is 1. The van der Waals surface area contributed by atoms with E-state index in [4.69, 9.17) is 4.98 Å². The lowest BCUT2D eigenvalue weighted by Gasteiger charge is -2.31. The fourth-order valence-corrected chi connectivity index (χ4v) is 7.06. The summed E-state index contributed by atoms with van der Waals surface area (Å²) in [6.07, 6.45) is 11.1. The summed E-state index contributed by atoms with van der Waals surface area (Å²) in [5, 5.41) is 14.5. The van der Waals surface area contributed by atoms with Gasteiger partial charge in [0.2, 0.25) is 0 Å². The first-order valence-corrected chi connectivity index (χ1v) is 14.4. The van der Waals surface area contributed by atoms with Crippen molar-refractivity contribution in [2.24, 2.45) is 11.8 Å². The second-order valence-electron chi connectivity index (χ2n) is 10.8. The highest BCUT2D eigenvalue weighted by Crippen LogP contribution is 2.37. The first kappa shape index (κ1) is 25.0. The molecule has 2 aromatic heterocycles. The molecule has 3 unspecified atom stereocenters. The number of aromatic nitrogens is 2. The zero-order valence-electron chi connectivity index (χ0n) is 21.1. The molecule has 0 radical (unpaired) electrons. The number of nitrogens with one attached hydrogen (secondary N) is 1. The van der Waals surface area contributed by atoms with Crippen LogP contribution in [0, 0.1) is 11.8 Å². The van der Waals surface area contributed by atoms with E-state index in [0.717, 1.165) is 49.0 Å². The van der Waals surface area contributed by atoms with Gasteiger partial charge in [0.25, 0.3) is 5.91 Å². The third kappa shape index (κ3) is 5.66. The highest BCUT2D eigenvalue weighted by Gasteiger charge is 2.28. The summed E-state index contributed by atoms with van der Waals surface area (Å²) < 4.78 is 2.44. The van der Waals surface area contributed by atoms with Crippen LogP contribution in [-0.4, -0.2) is 32.6 Å². The third-order valence-corrected chi connectivity index (χ3v) is 9.06. The smallest absolute Gasteiger partial charge is 0.305 e. The number of hydrogen-bond acceptors (Lipinski definition) is 4. The molecule has 192 valence electrons. The fraction of sp³-hybridized carbons (Fsp3) is 0.552. The second-order valence-corrected chi connectivity index (χ2v) is 11.9. The van der Waals surface area contributed by atoms with Crippen LogP contribution in [0.3, 0.4) is 0 Å². The van der Waals surface area contributed by atoms with Crippen molar-refractivity contribution in [1.82, 2.24) is 14.9 Å². The molecule has 1 amide bonds. The van der Waals surface area contributed by atoms with Gasteiger partial charge in [-0.25, -0.2) is 4.98 Å². The lowest BCUT2D eigenvalue weighted by molar-refractivity contribution is -0.137. The van der Waals surface area contributed by atoms with E-state index < -0.39 is 5.97 Å². The van der Waals surface area contributed by atoms with Crippen LogP contribution in [0.15, 0.2) is 35.7 Å². The number of rotatable bonds is 9. The molecule has 7 heteroatoms. The third-order valence-electron chi connectivity index (χ3n) is 8.18. The quantitative estimate of drug-likeness (QED) is 0.342. The molecule has 2 N–H and O–H groups in total. The molecule has 2 aliphatic rings. The summed E-state index contributed by atoms with van der Waals surface area (Å²) in [4.78, 5) is 31.0. The molecule has 0 saturated heterocycles. The van der Waals surface area contributed by atoms with E-state index in [-0.39, 0.29) is 18.4 Å². The highest BCUT2D eigenvalue weighted by molar-refractivity contribution is 7.09. The Morgan fingerprint density at radius 2 is 1.92 bits per heavy atom. The number of benzene rings is 1. The molecule has 0 bridgehead atoms. The Morgan fingerprint density at radius 3 is 2.64 bits per heavy atom. The van der Waals surface area contributed by atoms with Crippen LogP contribution in [0.1, 0.15) is 98.2 Å². The van der Waals surface area contributed by atoms with Crippen molar-refractivity contribution in [3.05, 3.63) is 52.0 Å². The Bertz CT molecular complexity index is 1200. The largest absolute Gasteiger partial charge is 0.481 e. The normalized spacial score (nSPS) is 21.6. The van der Waals surface area contributed by atoms with E-state index in [1.54, 1.807) is 11.3 Å². The van der Waals surface area contributed by atoms with Crippen molar-refractivity contribution in [2.75, 3.05) is 0 Å². The van der Waals surface area contributed by atoms with Gasteiger partial charge in [-0.2, -0.15) is 0 Å². The van der Waals surface area contributed by atoms with E-state index in [9.17, 15) is 14.7 Å². The van der Waals surface area contributed by atoms with Crippen molar-refractivity contribution < 1.29 is 14.7 Å². The molecule has 2 aliphatic carbocycles. The number of aliphatic carboxylic acids is 1. The molecule has 0 aliphatic heterocycles. The Hall–Kier alpha value is -2.67. The number of carbonyl (C=O) groups is 2. The molecule has 3 aromatic rings. The summed E-state index contributed by atoms with van der Waals surface area (Å²) >= 11 is 1.75. The summed E-state index contributed by atoms with van der Waals surface area (Å²) in [5.74, 6) is 1.08. The molecule has 3 atom stereocenters. The molecule has 0 spiro atoms. The predicted octanol–water partition coefficient (Wildman–Crippen LogP) is 6.59. The molecule has 1 aromatic carbocycles. The Kier molecular flexibility index (Phi) is 7.75. The SMILES string of the molecule is CC1CCCCC1n1c(Cc2cccs2)nc2cc(C(=O)NC(CC(=O)O)CC3CCCC3)ccc21. The van der Waals surface area contributed by atoms with Gasteiger partial charge in [0.05, 0.1) is 17.5 Å². The molecule has 36 heavy (non-hydrogen) atoms. The topological polar surface area (TPSA) is 84.2 Å². The number of nitrogens with zero attached hydrogens (tertiary/aromatic N) is 2. The number of imidazole rings is 1. The molecule has 6 nitrogen and oxygen atoms in total. The zero-order chi connectivity index (χ0) is 25.1. The average Bonchev–Trinajstić information content (AvgIpc) is 3.60. The van der Waals surface area contributed by atoms with Crippen LogP contribution < -0.4 is 5.32 Å². The van der Waals surface area contributed by atoms with Crippen LogP contribution in [0.4, 0.5) is 0 Å². The van der Waals surface area contributed by atoms with Gasteiger partial charge in [-0.1, -0.05) is 51.5 Å². The lowest BCUT2D eigenvalue weighted by Crippen LogP contribution is -2.37. The number of hydrogen-bond donors (Lipinski definition) is 2.